The maximum atomic E-state index is 13.1. The van der Waals surface area contributed by atoms with Crippen molar-refractivity contribution < 1.29 is 9.13 Å². The highest BCUT2D eigenvalue weighted by Crippen LogP contribution is 2.33. The van der Waals surface area contributed by atoms with E-state index in [1.807, 2.05) is 6.07 Å². The van der Waals surface area contributed by atoms with E-state index in [1.165, 1.54) is 6.07 Å². The number of hydrogen-bond acceptors (Lipinski definition) is 3. The maximum Gasteiger partial charge on any atom is 0.152 e. The minimum Gasteiger partial charge on any atom is -0.454 e. The van der Waals surface area contributed by atoms with Gasteiger partial charge in [0.25, 0.3) is 0 Å². The number of nitriles is 1. The molecular weight excluding hydrogens is 255 g/mol. The van der Waals surface area contributed by atoms with Crippen molar-refractivity contribution >= 4 is 17.3 Å². The van der Waals surface area contributed by atoms with Crippen molar-refractivity contribution in [2.24, 2.45) is 0 Å². The van der Waals surface area contributed by atoms with Crippen molar-refractivity contribution in [1.29, 1.82) is 5.26 Å². The van der Waals surface area contributed by atoms with Gasteiger partial charge in [-0.15, -0.1) is 0 Å². The highest BCUT2D eigenvalue weighted by molar-refractivity contribution is 6.31. The van der Waals surface area contributed by atoms with Crippen LogP contribution >= 0.6 is 11.6 Å². The van der Waals surface area contributed by atoms with Gasteiger partial charge in [0.2, 0.25) is 0 Å². The normalized spacial score (nSPS) is 9.83. The molecule has 2 N–H and O–H groups in total. The van der Waals surface area contributed by atoms with E-state index in [1.54, 1.807) is 24.3 Å². The van der Waals surface area contributed by atoms with Crippen LogP contribution in [0.4, 0.5) is 10.1 Å². The van der Waals surface area contributed by atoms with Crippen LogP contribution in [-0.2, 0) is 0 Å². The molecule has 0 amide bonds. The molecule has 0 saturated carbocycles. The van der Waals surface area contributed by atoms with Crippen LogP contribution in [0, 0.1) is 17.1 Å². The van der Waals surface area contributed by atoms with Gasteiger partial charge in [-0.05, 0) is 12.1 Å². The van der Waals surface area contributed by atoms with Gasteiger partial charge in [-0.2, -0.15) is 5.26 Å². The van der Waals surface area contributed by atoms with Crippen LogP contribution in [0.1, 0.15) is 5.56 Å². The van der Waals surface area contributed by atoms with Gasteiger partial charge < -0.3 is 10.5 Å². The lowest BCUT2D eigenvalue weighted by Crippen LogP contribution is -1.95. The summed E-state index contributed by atoms with van der Waals surface area (Å²) in [5.41, 5.74) is 6.10. The fourth-order valence-corrected chi connectivity index (χ4v) is 1.55. The van der Waals surface area contributed by atoms with Gasteiger partial charge in [0, 0.05) is 12.1 Å². The molecule has 2 aromatic carbocycles. The summed E-state index contributed by atoms with van der Waals surface area (Å²) in [5, 5.41) is 8.83. The number of rotatable bonds is 2. The molecule has 0 bridgehead atoms. The number of nitrogens with zero attached hydrogens (tertiary/aromatic N) is 1. The van der Waals surface area contributed by atoms with Crippen molar-refractivity contribution in [3.63, 3.8) is 0 Å². The summed E-state index contributed by atoms with van der Waals surface area (Å²) >= 11 is 5.65. The number of benzene rings is 2. The van der Waals surface area contributed by atoms with Crippen LogP contribution in [0.15, 0.2) is 36.4 Å². The third kappa shape index (κ3) is 2.36. The molecule has 0 radical (unpaired) electrons. The summed E-state index contributed by atoms with van der Waals surface area (Å²) in [7, 11) is 0. The van der Waals surface area contributed by atoms with Crippen LogP contribution in [-0.4, -0.2) is 0 Å². The van der Waals surface area contributed by atoms with E-state index >= 15 is 0 Å². The smallest absolute Gasteiger partial charge is 0.152 e. The molecule has 0 aliphatic rings. The van der Waals surface area contributed by atoms with E-state index in [9.17, 15) is 4.39 Å². The Morgan fingerprint density at radius 3 is 2.67 bits per heavy atom. The predicted molar refractivity (Wildman–Crippen MR) is 67.1 cm³/mol. The number of nitrogen functional groups attached to an aromatic ring is 1. The number of nitrogens with two attached hydrogens (primary N) is 1. The van der Waals surface area contributed by atoms with Crippen molar-refractivity contribution in [3.8, 4) is 17.6 Å². The SMILES string of the molecule is N#Cc1ccccc1Oc1cc(Cl)c(F)cc1N. The summed E-state index contributed by atoms with van der Waals surface area (Å²) < 4.78 is 18.6. The molecule has 0 atom stereocenters. The lowest BCUT2D eigenvalue weighted by atomic mass is 10.2. The Kier molecular flexibility index (Phi) is 3.35. The Labute approximate surface area is 108 Å². The number of hydrogen-bond donors (Lipinski definition) is 1. The highest BCUT2D eigenvalue weighted by Gasteiger charge is 2.10. The molecule has 18 heavy (non-hydrogen) atoms. The molecule has 5 heteroatoms. The summed E-state index contributed by atoms with van der Waals surface area (Å²) in [6.45, 7) is 0. The molecule has 3 nitrogen and oxygen atoms in total. The summed E-state index contributed by atoms with van der Waals surface area (Å²) in [6, 6.07) is 11.0. The van der Waals surface area contributed by atoms with Crippen molar-refractivity contribution in [3.05, 3.63) is 52.8 Å². The molecule has 0 saturated heterocycles. The zero-order chi connectivity index (χ0) is 13.1. The van der Waals surface area contributed by atoms with E-state index in [0.29, 0.717) is 11.3 Å². The number of halogens is 2. The summed E-state index contributed by atoms with van der Waals surface area (Å²) in [5.74, 6) is -0.0615. The largest absolute Gasteiger partial charge is 0.454 e. The second-order valence-electron chi connectivity index (χ2n) is 3.51. The Morgan fingerprint density at radius 1 is 1.22 bits per heavy atom. The fraction of sp³-hybridized carbons (Fsp3) is 0. The first kappa shape index (κ1) is 12.2. The average molecular weight is 263 g/mol. The van der Waals surface area contributed by atoms with Gasteiger partial charge in [0.05, 0.1) is 16.3 Å². The van der Waals surface area contributed by atoms with E-state index < -0.39 is 5.82 Å². The lowest BCUT2D eigenvalue weighted by molar-refractivity contribution is 0.481. The van der Waals surface area contributed by atoms with Gasteiger partial charge in [-0.25, -0.2) is 4.39 Å². The monoisotopic (exact) mass is 262 g/mol. The molecular formula is C13H8ClFN2O. The van der Waals surface area contributed by atoms with Crippen LogP contribution in [0.2, 0.25) is 5.02 Å². The molecule has 90 valence electrons. The van der Waals surface area contributed by atoms with Gasteiger partial charge in [-0.3, -0.25) is 0 Å². The lowest BCUT2D eigenvalue weighted by Gasteiger charge is -2.10. The van der Waals surface area contributed by atoms with E-state index in [4.69, 9.17) is 27.3 Å². The van der Waals surface area contributed by atoms with E-state index in [-0.39, 0.29) is 16.5 Å². The molecule has 0 spiro atoms. The number of anilines is 1. The van der Waals surface area contributed by atoms with Crippen LogP contribution in [0.25, 0.3) is 0 Å². The standard InChI is InChI=1S/C13H8ClFN2O/c14-9-5-13(11(17)6-10(9)15)18-12-4-2-1-3-8(12)7-16/h1-6H,17H2. The molecule has 0 aliphatic carbocycles. The van der Waals surface area contributed by atoms with E-state index in [2.05, 4.69) is 0 Å². The minimum atomic E-state index is -0.616. The van der Waals surface area contributed by atoms with Gasteiger partial charge in [0.15, 0.2) is 5.75 Å². The van der Waals surface area contributed by atoms with Crippen molar-refractivity contribution in [2.75, 3.05) is 5.73 Å². The van der Waals surface area contributed by atoms with E-state index in [0.717, 1.165) is 6.07 Å². The minimum absolute atomic E-state index is 0.0892. The van der Waals surface area contributed by atoms with Crippen molar-refractivity contribution in [2.45, 2.75) is 0 Å². The zero-order valence-corrected chi connectivity index (χ0v) is 9.91. The van der Waals surface area contributed by atoms with Gasteiger partial charge in [0.1, 0.15) is 17.6 Å². The molecule has 0 fully saturated rings. The van der Waals surface area contributed by atoms with Gasteiger partial charge in [-0.1, -0.05) is 23.7 Å². The quantitative estimate of drug-likeness (QED) is 0.839. The molecule has 0 unspecified atom stereocenters. The predicted octanol–water partition coefficient (Wildman–Crippen LogP) is 3.73. The molecule has 2 rings (SSSR count). The zero-order valence-electron chi connectivity index (χ0n) is 9.15. The van der Waals surface area contributed by atoms with Crippen LogP contribution in [0.3, 0.4) is 0 Å². The maximum absolute atomic E-state index is 13.1. The topological polar surface area (TPSA) is 59.0 Å². The first-order valence-corrected chi connectivity index (χ1v) is 5.41. The molecule has 0 aliphatic heterocycles. The Balaban J connectivity index is 2.41. The van der Waals surface area contributed by atoms with Gasteiger partial charge >= 0.3 is 0 Å². The first-order valence-electron chi connectivity index (χ1n) is 5.03. The molecule has 0 aromatic heterocycles. The van der Waals surface area contributed by atoms with Crippen molar-refractivity contribution in [1.82, 2.24) is 0 Å². The average Bonchev–Trinajstić information content (AvgIpc) is 2.36. The summed E-state index contributed by atoms with van der Waals surface area (Å²) in [4.78, 5) is 0. The molecule has 2 aromatic rings. The second-order valence-corrected chi connectivity index (χ2v) is 3.92. The Bertz CT molecular complexity index is 637. The first-order chi connectivity index (χ1) is 8.61. The summed E-state index contributed by atoms with van der Waals surface area (Å²) in [6.07, 6.45) is 0. The third-order valence-corrected chi connectivity index (χ3v) is 2.57. The third-order valence-electron chi connectivity index (χ3n) is 2.28. The highest BCUT2D eigenvalue weighted by atomic mass is 35.5. The molecule has 0 heterocycles. The number of para-hydroxylation sites is 1. The number of ether oxygens (including phenoxy) is 1. The Morgan fingerprint density at radius 2 is 1.94 bits per heavy atom. The Hall–Kier alpha value is -2.25. The fourth-order valence-electron chi connectivity index (χ4n) is 1.40. The second kappa shape index (κ2) is 4.94. The van der Waals surface area contributed by atoms with Crippen LogP contribution < -0.4 is 10.5 Å². The van der Waals surface area contributed by atoms with Crippen LogP contribution in [0.5, 0.6) is 11.5 Å².